The van der Waals surface area contributed by atoms with Crippen molar-refractivity contribution in [3.8, 4) is 22.6 Å². The van der Waals surface area contributed by atoms with Crippen LogP contribution in [0.3, 0.4) is 0 Å². The van der Waals surface area contributed by atoms with Gasteiger partial charge in [0, 0.05) is 54.7 Å². The summed E-state index contributed by atoms with van der Waals surface area (Å²) in [6.07, 6.45) is 0. The van der Waals surface area contributed by atoms with Gasteiger partial charge in [-0.1, -0.05) is 279 Å². The number of benzene rings is 14. The topological polar surface area (TPSA) is 49.9 Å². The van der Waals surface area contributed by atoms with Crippen molar-refractivity contribution in [1.82, 2.24) is 0 Å². The number of para-hydroxylation sites is 4. The Labute approximate surface area is 509 Å². The molecule has 0 saturated heterocycles. The van der Waals surface area contributed by atoms with E-state index in [1.165, 1.54) is 32.7 Å². The molecule has 87 heavy (non-hydrogen) atoms. The van der Waals surface area contributed by atoms with E-state index in [2.05, 4.69) is 204 Å². The summed E-state index contributed by atoms with van der Waals surface area (Å²) in [5.41, 5.74) is 9.18. The number of hydrogen-bond donors (Lipinski definition) is 0. The molecule has 0 N–H and O–H groups in total. The highest BCUT2D eigenvalue weighted by atomic mass is 31.2. The van der Waals surface area contributed by atoms with Crippen molar-refractivity contribution >= 4 is 102 Å². The lowest BCUT2D eigenvalue weighted by Gasteiger charge is -2.27. The van der Waals surface area contributed by atoms with E-state index in [0.29, 0.717) is 22.1 Å². The molecule has 0 aromatic heterocycles. The summed E-state index contributed by atoms with van der Waals surface area (Å²) in [7, 11) is -6.63. The average molecular weight is 1160 g/mol. The summed E-state index contributed by atoms with van der Waals surface area (Å²) in [5, 5.41) is 8.94. The van der Waals surface area contributed by atoms with E-state index in [1.807, 2.05) is 170 Å². The molecule has 14 aromatic carbocycles. The summed E-state index contributed by atoms with van der Waals surface area (Å²) in [4.78, 5) is 4.69. The molecule has 0 aliphatic heterocycles. The number of hydrogen-bond acceptors (Lipinski definition) is 5. The Balaban J connectivity index is 0.000000162. The Morgan fingerprint density at radius 3 is 0.839 bits per heavy atom. The first kappa shape index (κ1) is 55.6. The third-order valence-electron chi connectivity index (χ3n) is 15.7. The normalized spacial score (nSPS) is 11.3. The van der Waals surface area contributed by atoms with Crippen molar-refractivity contribution in [3.63, 3.8) is 0 Å². The average Bonchev–Trinajstić information content (AvgIpc) is 1.43. The molecule has 5 nitrogen and oxygen atoms in total. The molecule has 0 heterocycles. The molecule has 7 heteroatoms. The lowest BCUT2D eigenvalue weighted by Crippen LogP contribution is -2.27. The van der Waals surface area contributed by atoms with Crippen molar-refractivity contribution in [2.45, 2.75) is 0 Å². The first-order valence-electron chi connectivity index (χ1n) is 29.1. The SMILES string of the molecule is O=P(c1ccccc1)(c1ccccc1)c1ccccc1Oc1ccccc1P(=O)(c1ccccc1)c1ccccc1.c1ccc(N(c2ccc(-c3ccc(N(c4ccccc4)c4cccc5ccccc45)cc3)cc2)c2cccc3ccccc23)cc1. The van der Waals surface area contributed by atoms with Gasteiger partial charge in [0.15, 0.2) is 14.3 Å². The van der Waals surface area contributed by atoms with Gasteiger partial charge in [0.1, 0.15) is 11.5 Å². The molecule has 418 valence electrons. The van der Waals surface area contributed by atoms with Crippen LogP contribution >= 0.6 is 14.3 Å². The first-order chi connectivity index (χ1) is 42.9. The standard InChI is InChI=1S/C44H32N2.C36H28O3P2/c1-3-17-37(18-4-1)45(43-23-11-15-35-13-7-9-21-41(35)43)39-29-25-33(26-30-39)34-27-31-40(32-28-34)46(38-19-5-2-6-20-38)44-24-12-16-36-14-8-10-22-42(36)44;37-40(29-17-5-1-6-18-29,30-19-7-2-8-20-30)35-27-15-13-25-33(35)39-34-26-14-16-28-36(34)41(38,31-21-9-3-10-22-31)32-23-11-4-12-24-32/h1-32H;1-28H. The number of ether oxygens (including phenoxy) is 1. The van der Waals surface area contributed by atoms with Gasteiger partial charge in [-0.2, -0.15) is 0 Å². The molecule has 0 amide bonds. The van der Waals surface area contributed by atoms with Crippen LogP contribution in [0, 0.1) is 0 Å². The molecule has 0 spiro atoms. The maximum atomic E-state index is 15.2. The fourth-order valence-electron chi connectivity index (χ4n) is 11.6. The lowest BCUT2D eigenvalue weighted by molar-refractivity contribution is 0.489. The van der Waals surface area contributed by atoms with Crippen molar-refractivity contribution in [3.05, 3.63) is 364 Å². The van der Waals surface area contributed by atoms with E-state index in [0.717, 1.165) is 55.3 Å². The molecular weight excluding hydrogens is 1100 g/mol. The summed E-state index contributed by atoms with van der Waals surface area (Å²) in [5.74, 6) is 0.923. The van der Waals surface area contributed by atoms with E-state index in [-0.39, 0.29) is 0 Å². The molecule has 14 aromatic rings. The fraction of sp³-hybridized carbons (Fsp3) is 0. The molecule has 0 unspecified atom stereocenters. The van der Waals surface area contributed by atoms with Crippen LogP contribution in [0.25, 0.3) is 32.7 Å². The molecule has 14 rings (SSSR count). The van der Waals surface area contributed by atoms with Crippen molar-refractivity contribution in [1.29, 1.82) is 0 Å². The van der Waals surface area contributed by atoms with Crippen LogP contribution in [0.15, 0.2) is 364 Å². The summed E-state index contributed by atoms with van der Waals surface area (Å²) < 4.78 is 37.1. The largest absolute Gasteiger partial charge is 0.456 e. The minimum atomic E-state index is -3.32. The minimum absolute atomic E-state index is 0.462. The van der Waals surface area contributed by atoms with Crippen LogP contribution in [0.2, 0.25) is 0 Å². The van der Waals surface area contributed by atoms with Gasteiger partial charge in [0.2, 0.25) is 0 Å². The van der Waals surface area contributed by atoms with Crippen LogP contribution in [0.5, 0.6) is 11.5 Å². The van der Waals surface area contributed by atoms with Gasteiger partial charge in [-0.25, -0.2) is 0 Å². The summed E-state index contributed by atoms with van der Waals surface area (Å²) >= 11 is 0. The van der Waals surface area contributed by atoms with E-state index >= 15 is 9.13 Å². The van der Waals surface area contributed by atoms with Gasteiger partial charge in [-0.05, 0) is 107 Å². The summed E-state index contributed by atoms with van der Waals surface area (Å²) in [6.45, 7) is 0. The lowest BCUT2D eigenvalue weighted by atomic mass is 10.0. The Kier molecular flexibility index (Phi) is 16.2. The van der Waals surface area contributed by atoms with Gasteiger partial charge in [-0.3, -0.25) is 0 Å². The monoisotopic (exact) mass is 1160 g/mol. The Morgan fingerprint density at radius 2 is 0.494 bits per heavy atom. The highest BCUT2D eigenvalue weighted by Crippen LogP contribution is 2.49. The Bertz CT molecular complexity index is 4310. The maximum Gasteiger partial charge on any atom is 0.174 e. The van der Waals surface area contributed by atoms with Crippen LogP contribution in [0.4, 0.5) is 34.1 Å². The second-order valence-corrected chi connectivity index (χ2v) is 26.5. The van der Waals surface area contributed by atoms with Crippen molar-refractivity contribution < 1.29 is 13.9 Å². The van der Waals surface area contributed by atoms with Gasteiger partial charge < -0.3 is 23.7 Å². The smallest absolute Gasteiger partial charge is 0.174 e. The molecule has 0 fully saturated rings. The number of fused-ring (bicyclic) bond motifs is 2. The Hall–Kier alpha value is -10.5. The second kappa shape index (κ2) is 25.4. The highest BCUT2D eigenvalue weighted by Gasteiger charge is 2.36. The van der Waals surface area contributed by atoms with E-state index < -0.39 is 14.3 Å². The number of nitrogens with zero attached hydrogens (tertiary/aromatic N) is 2. The van der Waals surface area contributed by atoms with Crippen molar-refractivity contribution in [2.24, 2.45) is 0 Å². The zero-order valence-corrected chi connectivity index (χ0v) is 49.4. The van der Waals surface area contributed by atoms with E-state index in [9.17, 15) is 0 Å². The summed E-state index contributed by atoms with van der Waals surface area (Å²) in [6, 6.07) is 122. The second-order valence-electron chi connectivity index (χ2n) is 21.0. The maximum absolute atomic E-state index is 15.2. The molecule has 0 radical (unpaired) electrons. The minimum Gasteiger partial charge on any atom is -0.456 e. The fourth-order valence-corrected chi connectivity index (χ4v) is 17.1. The van der Waals surface area contributed by atoms with Crippen LogP contribution in [0.1, 0.15) is 0 Å². The van der Waals surface area contributed by atoms with Gasteiger partial charge >= 0.3 is 0 Å². The number of rotatable bonds is 15. The van der Waals surface area contributed by atoms with Gasteiger partial charge in [0.25, 0.3) is 0 Å². The van der Waals surface area contributed by atoms with Crippen molar-refractivity contribution in [2.75, 3.05) is 9.80 Å². The Morgan fingerprint density at radius 1 is 0.230 bits per heavy atom. The molecule has 0 aliphatic rings. The van der Waals surface area contributed by atoms with E-state index in [4.69, 9.17) is 4.74 Å². The predicted octanol–water partition coefficient (Wildman–Crippen LogP) is 19.4. The zero-order chi connectivity index (χ0) is 58.8. The van der Waals surface area contributed by atoms with Gasteiger partial charge in [-0.15, -0.1) is 0 Å². The zero-order valence-electron chi connectivity index (χ0n) is 47.7. The van der Waals surface area contributed by atoms with Crippen LogP contribution in [-0.4, -0.2) is 0 Å². The molecule has 0 atom stereocenters. The third kappa shape index (κ3) is 11.3. The quantitative estimate of drug-likeness (QED) is 0.0958. The molecule has 0 bridgehead atoms. The van der Waals surface area contributed by atoms with Crippen LogP contribution < -0.4 is 46.4 Å². The molecule has 0 saturated carbocycles. The van der Waals surface area contributed by atoms with E-state index in [1.54, 1.807) is 0 Å². The third-order valence-corrected chi connectivity index (χ3v) is 21.9. The highest BCUT2D eigenvalue weighted by molar-refractivity contribution is 7.86. The molecule has 0 aliphatic carbocycles. The number of anilines is 6. The van der Waals surface area contributed by atoms with Gasteiger partial charge in [0.05, 0.1) is 22.0 Å². The first-order valence-corrected chi connectivity index (χ1v) is 32.5. The predicted molar refractivity (Wildman–Crippen MR) is 368 cm³/mol. The molecular formula is C80H60N2O3P2. The van der Waals surface area contributed by atoms with Crippen LogP contribution in [-0.2, 0) is 9.13 Å².